The van der Waals surface area contributed by atoms with Crippen LogP contribution < -0.4 is 4.72 Å². The molecule has 0 aliphatic rings. The maximum Gasteiger partial charge on any atom is 0.240 e. The van der Waals surface area contributed by atoms with Gasteiger partial charge in [0.2, 0.25) is 10.0 Å². The molecule has 0 radical (unpaired) electrons. The smallest absolute Gasteiger partial charge is 0.240 e. The van der Waals surface area contributed by atoms with Gasteiger partial charge in [0, 0.05) is 10.9 Å². The molecule has 0 saturated carbocycles. The second kappa shape index (κ2) is 5.82. The summed E-state index contributed by atoms with van der Waals surface area (Å²) in [7, 11) is -3.64. The largest absolute Gasteiger partial charge is 0.295 e. The zero-order valence-electron chi connectivity index (χ0n) is 11.1. The van der Waals surface area contributed by atoms with E-state index in [1.165, 1.54) is 30.4 Å². The summed E-state index contributed by atoms with van der Waals surface area (Å²) in [6.07, 6.45) is 0. The Balaban J connectivity index is 2.17. The van der Waals surface area contributed by atoms with Crippen molar-refractivity contribution >= 4 is 27.1 Å². The molecular formula is C13H14N2O3S2. The van der Waals surface area contributed by atoms with Crippen molar-refractivity contribution in [1.82, 2.24) is 9.71 Å². The van der Waals surface area contributed by atoms with Crippen LogP contribution in [0.3, 0.4) is 0 Å². The Morgan fingerprint density at radius 1 is 1.40 bits per heavy atom. The maximum atomic E-state index is 12.1. The predicted molar refractivity (Wildman–Crippen MR) is 77.3 cm³/mol. The average molecular weight is 310 g/mol. The molecule has 0 fully saturated rings. The first-order chi connectivity index (χ1) is 9.38. The molecule has 0 spiro atoms. The first-order valence-corrected chi connectivity index (χ1v) is 8.26. The molecule has 5 nitrogen and oxygen atoms in total. The molecule has 1 aromatic carbocycles. The molecule has 106 valence electrons. The van der Waals surface area contributed by atoms with Crippen molar-refractivity contribution in [2.75, 3.05) is 0 Å². The molecule has 2 aromatic rings. The number of nitrogens with zero attached hydrogens (tertiary/aromatic N) is 1. The molecule has 0 atom stereocenters. The molecule has 2 rings (SSSR count). The van der Waals surface area contributed by atoms with Crippen LogP contribution in [-0.4, -0.2) is 19.2 Å². The van der Waals surface area contributed by atoms with Crippen LogP contribution in [0.15, 0.2) is 34.5 Å². The number of hydrogen-bond donors (Lipinski definition) is 1. The molecule has 20 heavy (non-hydrogen) atoms. The summed E-state index contributed by atoms with van der Waals surface area (Å²) in [5.74, 6) is -0.169. The van der Waals surface area contributed by atoms with E-state index in [0.29, 0.717) is 11.3 Å². The Hall–Kier alpha value is -1.57. The molecule has 0 aliphatic carbocycles. The molecule has 0 saturated heterocycles. The number of hydrogen-bond acceptors (Lipinski definition) is 5. The number of Topliss-reactive ketones (excluding diaryl/α,β-unsaturated/α-hetero) is 1. The van der Waals surface area contributed by atoms with Gasteiger partial charge < -0.3 is 0 Å². The van der Waals surface area contributed by atoms with Crippen molar-refractivity contribution in [3.63, 3.8) is 0 Å². The van der Waals surface area contributed by atoms with Crippen molar-refractivity contribution in [2.24, 2.45) is 0 Å². The minimum absolute atomic E-state index is 0.0807. The number of ketones is 1. The minimum Gasteiger partial charge on any atom is -0.295 e. The second-order valence-electron chi connectivity index (χ2n) is 4.27. The third kappa shape index (κ3) is 3.50. The SMILES string of the molecule is CC(=O)c1cccc(S(=O)(=O)NCc2csc(C)n2)c1. The van der Waals surface area contributed by atoms with Crippen LogP contribution in [0.5, 0.6) is 0 Å². The number of carbonyl (C=O) groups is 1. The van der Waals surface area contributed by atoms with Gasteiger partial charge in [0.25, 0.3) is 0 Å². The van der Waals surface area contributed by atoms with Gasteiger partial charge in [-0.1, -0.05) is 12.1 Å². The maximum absolute atomic E-state index is 12.1. The summed E-state index contributed by atoms with van der Waals surface area (Å²) in [5, 5.41) is 2.70. The normalized spacial score (nSPS) is 11.5. The molecule has 1 aromatic heterocycles. The molecule has 1 heterocycles. The van der Waals surface area contributed by atoms with Gasteiger partial charge in [-0.3, -0.25) is 4.79 Å². The molecule has 0 amide bonds. The van der Waals surface area contributed by atoms with Gasteiger partial charge in [-0.25, -0.2) is 18.1 Å². The highest BCUT2D eigenvalue weighted by atomic mass is 32.2. The van der Waals surface area contributed by atoms with Gasteiger partial charge >= 0.3 is 0 Å². The third-order valence-corrected chi connectivity index (χ3v) is 4.88. The average Bonchev–Trinajstić information content (AvgIpc) is 2.82. The topological polar surface area (TPSA) is 76.1 Å². The van der Waals surface area contributed by atoms with E-state index in [9.17, 15) is 13.2 Å². The van der Waals surface area contributed by atoms with E-state index in [2.05, 4.69) is 9.71 Å². The van der Waals surface area contributed by atoms with Gasteiger partial charge in [0.1, 0.15) is 0 Å². The summed E-state index contributed by atoms with van der Waals surface area (Å²) in [6.45, 7) is 3.40. The standard InChI is InChI=1S/C13H14N2O3S2/c1-9(16)11-4-3-5-13(6-11)20(17,18)14-7-12-8-19-10(2)15-12/h3-6,8,14H,7H2,1-2H3. The number of thiazole rings is 1. The minimum atomic E-state index is -3.64. The molecular weight excluding hydrogens is 296 g/mol. The van der Waals surface area contributed by atoms with E-state index in [0.717, 1.165) is 5.01 Å². The fourth-order valence-corrected chi connectivity index (χ4v) is 3.28. The van der Waals surface area contributed by atoms with Crippen LogP contribution in [0.25, 0.3) is 0 Å². The van der Waals surface area contributed by atoms with Crippen LogP contribution in [-0.2, 0) is 16.6 Å². The van der Waals surface area contributed by atoms with Gasteiger partial charge in [-0.15, -0.1) is 11.3 Å². The van der Waals surface area contributed by atoms with Crippen LogP contribution in [0.4, 0.5) is 0 Å². The number of benzene rings is 1. The van der Waals surface area contributed by atoms with E-state index in [-0.39, 0.29) is 17.2 Å². The number of carbonyl (C=O) groups excluding carboxylic acids is 1. The summed E-state index contributed by atoms with van der Waals surface area (Å²) in [5.41, 5.74) is 1.05. The van der Waals surface area contributed by atoms with Crippen LogP contribution in [0.2, 0.25) is 0 Å². The summed E-state index contributed by atoms with van der Waals surface area (Å²) < 4.78 is 26.8. The second-order valence-corrected chi connectivity index (χ2v) is 7.10. The molecule has 0 aliphatic heterocycles. The van der Waals surface area contributed by atoms with Crippen molar-refractivity contribution in [1.29, 1.82) is 0 Å². The van der Waals surface area contributed by atoms with Gasteiger partial charge in [-0.05, 0) is 26.0 Å². The fourth-order valence-electron chi connectivity index (χ4n) is 1.62. The molecule has 7 heteroatoms. The fraction of sp³-hybridized carbons (Fsp3) is 0.231. The number of aromatic nitrogens is 1. The van der Waals surface area contributed by atoms with Gasteiger partial charge in [0.05, 0.1) is 22.1 Å². The zero-order valence-corrected chi connectivity index (χ0v) is 12.7. The summed E-state index contributed by atoms with van der Waals surface area (Å²) >= 11 is 1.47. The Morgan fingerprint density at radius 3 is 2.75 bits per heavy atom. The Bertz CT molecular complexity index is 736. The molecule has 0 bridgehead atoms. The van der Waals surface area contributed by atoms with Gasteiger partial charge in [0.15, 0.2) is 5.78 Å². The first-order valence-electron chi connectivity index (χ1n) is 5.90. The Kier molecular flexibility index (Phi) is 4.32. The van der Waals surface area contributed by atoms with E-state index in [4.69, 9.17) is 0 Å². The quantitative estimate of drug-likeness (QED) is 0.858. The summed E-state index contributed by atoms with van der Waals surface area (Å²) in [4.78, 5) is 15.6. The lowest BCUT2D eigenvalue weighted by Gasteiger charge is -2.06. The monoisotopic (exact) mass is 310 g/mol. The summed E-state index contributed by atoms with van der Waals surface area (Å²) in [6, 6.07) is 5.97. The number of rotatable bonds is 5. The van der Waals surface area contributed by atoms with Crippen molar-refractivity contribution in [3.05, 3.63) is 45.9 Å². The van der Waals surface area contributed by atoms with Crippen LogP contribution in [0.1, 0.15) is 28.0 Å². The van der Waals surface area contributed by atoms with E-state index < -0.39 is 10.0 Å². The third-order valence-electron chi connectivity index (χ3n) is 2.66. The zero-order chi connectivity index (χ0) is 14.8. The van der Waals surface area contributed by atoms with Gasteiger partial charge in [-0.2, -0.15) is 0 Å². The van der Waals surface area contributed by atoms with Crippen LogP contribution in [0, 0.1) is 6.92 Å². The van der Waals surface area contributed by atoms with E-state index in [1.54, 1.807) is 12.1 Å². The lowest BCUT2D eigenvalue weighted by molar-refractivity contribution is 0.101. The highest BCUT2D eigenvalue weighted by molar-refractivity contribution is 7.89. The number of nitrogens with one attached hydrogen (secondary N) is 1. The number of aryl methyl sites for hydroxylation is 1. The number of sulfonamides is 1. The Morgan fingerprint density at radius 2 is 2.15 bits per heavy atom. The highest BCUT2D eigenvalue weighted by Gasteiger charge is 2.15. The van der Waals surface area contributed by atoms with Crippen molar-refractivity contribution in [2.45, 2.75) is 25.3 Å². The van der Waals surface area contributed by atoms with Crippen molar-refractivity contribution < 1.29 is 13.2 Å². The lowest BCUT2D eigenvalue weighted by atomic mass is 10.2. The molecule has 0 unspecified atom stereocenters. The van der Waals surface area contributed by atoms with E-state index >= 15 is 0 Å². The Labute approximate surface area is 121 Å². The predicted octanol–water partition coefficient (Wildman–Crippen LogP) is 2.13. The highest BCUT2D eigenvalue weighted by Crippen LogP contribution is 2.13. The lowest BCUT2D eigenvalue weighted by Crippen LogP contribution is -2.23. The van der Waals surface area contributed by atoms with Crippen LogP contribution >= 0.6 is 11.3 Å². The molecule has 1 N–H and O–H groups in total. The first kappa shape index (κ1) is 14.8. The van der Waals surface area contributed by atoms with Crippen molar-refractivity contribution in [3.8, 4) is 0 Å². The van der Waals surface area contributed by atoms with E-state index in [1.807, 2.05) is 12.3 Å².